The summed E-state index contributed by atoms with van der Waals surface area (Å²) in [5, 5.41) is 6.46. The van der Waals surface area contributed by atoms with Crippen LogP contribution in [-0.4, -0.2) is 52.5 Å². The van der Waals surface area contributed by atoms with Gasteiger partial charge in [0.15, 0.2) is 5.96 Å². The zero-order chi connectivity index (χ0) is 12.2. The summed E-state index contributed by atoms with van der Waals surface area (Å²) in [7, 11) is 3.43. The summed E-state index contributed by atoms with van der Waals surface area (Å²) in [6, 6.07) is 0.431. The van der Waals surface area contributed by atoms with Gasteiger partial charge >= 0.3 is 0 Å². The van der Waals surface area contributed by atoms with Crippen molar-refractivity contribution in [3.8, 4) is 0 Å². The Morgan fingerprint density at radius 2 is 2.06 bits per heavy atom. The van der Waals surface area contributed by atoms with Gasteiger partial charge in [-0.05, 0) is 13.3 Å². The Morgan fingerprint density at radius 3 is 2.62 bits per heavy atom. The first-order chi connectivity index (χ1) is 7.74. The summed E-state index contributed by atoms with van der Waals surface area (Å²) >= 11 is 0. The molecule has 0 amide bonds. The number of hydrogen-bond acceptors (Lipinski definition) is 3. The van der Waals surface area contributed by atoms with E-state index in [1.807, 2.05) is 0 Å². The van der Waals surface area contributed by atoms with Crippen molar-refractivity contribution in [3.63, 3.8) is 0 Å². The molecule has 0 saturated heterocycles. The van der Waals surface area contributed by atoms with E-state index >= 15 is 0 Å². The van der Waals surface area contributed by atoms with Crippen LogP contribution in [0, 0.1) is 0 Å². The first kappa shape index (κ1) is 15.2. The third-order valence-corrected chi connectivity index (χ3v) is 2.19. The van der Waals surface area contributed by atoms with Crippen molar-refractivity contribution in [2.24, 2.45) is 4.99 Å². The summed E-state index contributed by atoms with van der Waals surface area (Å²) in [6.07, 6.45) is 1.07. The molecule has 0 aliphatic carbocycles. The maximum atomic E-state index is 5.33. The van der Waals surface area contributed by atoms with E-state index in [1.54, 1.807) is 14.2 Å². The van der Waals surface area contributed by atoms with Crippen LogP contribution in [0.3, 0.4) is 0 Å². The third kappa shape index (κ3) is 8.49. The molecule has 5 nitrogen and oxygen atoms in total. The molecule has 0 saturated carbocycles. The van der Waals surface area contributed by atoms with Gasteiger partial charge in [-0.3, -0.25) is 4.99 Å². The lowest BCUT2D eigenvalue weighted by atomic mass is 10.3. The van der Waals surface area contributed by atoms with Gasteiger partial charge in [0.2, 0.25) is 0 Å². The molecule has 5 heteroatoms. The van der Waals surface area contributed by atoms with Gasteiger partial charge in [0.1, 0.15) is 0 Å². The highest BCUT2D eigenvalue weighted by Crippen LogP contribution is 1.86. The van der Waals surface area contributed by atoms with Gasteiger partial charge in [0.25, 0.3) is 0 Å². The number of nitrogens with zero attached hydrogens (tertiary/aromatic N) is 1. The molecule has 1 atom stereocenters. The molecule has 0 aromatic rings. The highest BCUT2D eigenvalue weighted by Gasteiger charge is 2.01. The molecule has 0 heterocycles. The molecule has 0 spiro atoms. The van der Waals surface area contributed by atoms with E-state index in [0.29, 0.717) is 25.9 Å². The number of nitrogens with one attached hydrogen (secondary N) is 2. The fourth-order valence-electron chi connectivity index (χ4n) is 1.02. The van der Waals surface area contributed by atoms with Crippen molar-refractivity contribution in [1.29, 1.82) is 0 Å². The van der Waals surface area contributed by atoms with Crippen LogP contribution in [0.5, 0.6) is 0 Å². The van der Waals surface area contributed by atoms with E-state index in [2.05, 4.69) is 29.5 Å². The monoisotopic (exact) mass is 231 g/mol. The minimum absolute atomic E-state index is 0.431. The van der Waals surface area contributed by atoms with Gasteiger partial charge in [-0.2, -0.15) is 0 Å². The zero-order valence-corrected chi connectivity index (χ0v) is 10.9. The lowest BCUT2D eigenvalue weighted by Gasteiger charge is -2.16. The van der Waals surface area contributed by atoms with Gasteiger partial charge in [-0.15, -0.1) is 0 Å². The minimum Gasteiger partial charge on any atom is -0.382 e. The molecule has 16 heavy (non-hydrogen) atoms. The van der Waals surface area contributed by atoms with E-state index < -0.39 is 0 Å². The second-order valence-electron chi connectivity index (χ2n) is 3.56. The average Bonchev–Trinajstić information content (AvgIpc) is 2.31. The summed E-state index contributed by atoms with van der Waals surface area (Å²) < 4.78 is 10.2. The Labute approximate surface area is 98.6 Å². The quantitative estimate of drug-likeness (QED) is 0.365. The molecule has 0 aromatic heterocycles. The van der Waals surface area contributed by atoms with Crippen molar-refractivity contribution in [2.45, 2.75) is 26.3 Å². The molecule has 2 N–H and O–H groups in total. The third-order valence-electron chi connectivity index (χ3n) is 2.19. The average molecular weight is 231 g/mol. The normalized spacial score (nSPS) is 13.6. The van der Waals surface area contributed by atoms with Crippen molar-refractivity contribution in [1.82, 2.24) is 10.6 Å². The highest BCUT2D eigenvalue weighted by molar-refractivity contribution is 5.79. The standard InChI is InChI=1S/C11H25N3O2/c1-5-10(2)14-11(12-3)13-6-7-16-9-8-15-4/h10H,5-9H2,1-4H3,(H2,12,13,14). The van der Waals surface area contributed by atoms with Crippen LogP contribution < -0.4 is 10.6 Å². The van der Waals surface area contributed by atoms with Gasteiger partial charge in [-0.25, -0.2) is 0 Å². The predicted molar refractivity (Wildman–Crippen MR) is 66.9 cm³/mol. The van der Waals surface area contributed by atoms with Crippen molar-refractivity contribution < 1.29 is 9.47 Å². The SMILES string of the molecule is CCC(C)NC(=NC)NCCOCCOC. The molecular formula is C11H25N3O2. The molecule has 0 aromatic carbocycles. The highest BCUT2D eigenvalue weighted by atomic mass is 16.5. The molecule has 0 aliphatic rings. The lowest BCUT2D eigenvalue weighted by molar-refractivity contribution is 0.0733. The smallest absolute Gasteiger partial charge is 0.191 e. The van der Waals surface area contributed by atoms with Gasteiger partial charge in [0, 0.05) is 26.7 Å². The van der Waals surface area contributed by atoms with Crippen LogP contribution in [0.15, 0.2) is 4.99 Å². The molecule has 0 aliphatic heterocycles. The van der Waals surface area contributed by atoms with Crippen LogP contribution in [0.1, 0.15) is 20.3 Å². The number of ether oxygens (including phenoxy) is 2. The second-order valence-corrected chi connectivity index (χ2v) is 3.56. The van der Waals surface area contributed by atoms with E-state index in [1.165, 1.54) is 0 Å². The molecule has 0 bridgehead atoms. The Kier molecular flexibility index (Phi) is 10.2. The zero-order valence-electron chi connectivity index (χ0n) is 10.9. The van der Waals surface area contributed by atoms with Crippen LogP contribution in [0.25, 0.3) is 0 Å². The molecule has 0 radical (unpaired) electrons. The summed E-state index contributed by atoms with van der Waals surface area (Å²) in [5.41, 5.74) is 0. The number of guanidine groups is 1. The lowest BCUT2D eigenvalue weighted by Crippen LogP contribution is -2.43. The number of methoxy groups -OCH3 is 1. The Bertz CT molecular complexity index is 186. The van der Waals surface area contributed by atoms with Gasteiger partial charge in [0.05, 0.1) is 19.8 Å². The predicted octanol–water partition coefficient (Wildman–Crippen LogP) is 0.613. The molecule has 96 valence electrons. The molecule has 1 unspecified atom stereocenters. The minimum atomic E-state index is 0.431. The van der Waals surface area contributed by atoms with E-state index in [0.717, 1.165) is 18.9 Å². The summed E-state index contributed by atoms with van der Waals surface area (Å²) in [5.74, 6) is 0.824. The fraction of sp³-hybridized carbons (Fsp3) is 0.909. The maximum absolute atomic E-state index is 5.33. The molecule has 0 rings (SSSR count). The van der Waals surface area contributed by atoms with Gasteiger partial charge in [-0.1, -0.05) is 6.92 Å². The van der Waals surface area contributed by atoms with Crippen LogP contribution in [0.4, 0.5) is 0 Å². The van der Waals surface area contributed by atoms with Crippen LogP contribution in [0.2, 0.25) is 0 Å². The number of hydrogen-bond donors (Lipinski definition) is 2. The van der Waals surface area contributed by atoms with E-state index in [-0.39, 0.29) is 0 Å². The second kappa shape index (κ2) is 10.7. The van der Waals surface area contributed by atoms with Crippen molar-refractivity contribution >= 4 is 5.96 Å². The first-order valence-corrected chi connectivity index (χ1v) is 5.78. The Balaban J connectivity index is 3.49. The van der Waals surface area contributed by atoms with Crippen LogP contribution >= 0.6 is 0 Å². The maximum Gasteiger partial charge on any atom is 0.191 e. The first-order valence-electron chi connectivity index (χ1n) is 5.78. The van der Waals surface area contributed by atoms with Crippen molar-refractivity contribution in [3.05, 3.63) is 0 Å². The van der Waals surface area contributed by atoms with E-state index in [9.17, 15) is 0 Å². The van der Waals surface area contributed by atoms with Crippen LogP contribution in [-0.2, 0) is 9.47 Å². The Hall–Kier alpha value is -0.810. The fourth-order valence-corrected chi connectivity index (χ4v) is 1.02. The van der Waals surface area contributed by atoms with Gasteiger partial charge < -0.3 is 20.1 Å². The summed E-state index contributed by atoms with van der Waals surface area (Å²) in [6.45, 7) is 6.94. The largest absolute Gasteiger partial charge is 0.382 e. The topological polar surface area (TPSA) is 54.9 Å². The molecular weight excluding hydrogens is 206 g/mol. The van der Waals surface area contributed by atoms with Crippen molar-refractivity contribution in [2.75, 3.05) is 40.5 Å². The number of rotatable bonds is 8. The summed E-state index contributed by atoms with van der Waals surface area (Å²) in [4.78, 5) is 4.12. The number of aliphatic imine (C=N–C) groups is 1. The Morgan fingerprint density at radius 1 is 1.31 bits per heavy atom. The van der Waals surface area contributed by atoms with E-state index in [4.69, 9.17) is 9.47 Å². The molecule has 0 fully saturated rings.